The number of aliphatic hydroxyl groups is 1. The summed E-state index contributed by atoms with van der Waals surface area (Å²) >= 11 is 1.77. The second kappa shape index (κ2) is 7.24. The van der Waals surface area contributed by atoms with Crippen molar-refractivity contribution in [3.05, 3.63) is 21.9 Å². The zero-order chi connectivity index (χ0) is 13.7. The van der Waals surface area contributed by atoms with Crippen molar-refractivity contribution in [2.75, 3.05) is 13.2 Å². The van der Waals surface area contributed by atoms with Gasteiger partial charge in [-0.25, -0.2) is 0 Å². The highest BCUT2D eigenvalue weighted by Gasteiger charge is 2.29. The molecule has 0 aliphatic heterocycles. The number of rotatable bonds is 7. The van der Waals surface area contributed by atoms with Crippen LogP contribution in [0.2, 0.25) is 0 Å². The van der Waals surface area contributed by atoms with Crippen LogP contribution in [0.4, 0.5) is 0 Å². The summed E-state index contributed by atoms with van der Waals surface area (Å²) in [7, 11) is 0. The van der Waals surface area contributed by atoms with Gasteiger partial charge in [0.2, 0.25) is 0 Å². The average molecular weight is 270 g/mol. The quantitative estimate of drug-likeness (QED) is 0.800. The number of aliphatic hydroxyl groups excluding tert-OH is 1. The summed E-state index contributed by atoms with van der Waals surface area (Å²) in [6.45, 7) is 9.43. The van der Waals surface area contributed by atoms with Crippen LogP contribution in [0.5, 0.6) is 0 Å². The standard InChI is InChI=1S/C14H26N2OS/c1-5-12(15)13(14-11(4)6-9-18-14)16(7-8-17)10(2)3/h6,9-10,12-13,17H,5,7-8,15H2,1-4H3. The lowest BCUT2D eigenvalue weighted by Gasteiger charge is -2.37. The highest BCUT2D eigenvalue weighted by atomic mass is 32.1. The van der Waals surface area contributed by atoms with Crippen LogP contribution in [0.3, 0.4) is 0 Å². The molecule has 0 aliphatic carbocycles. The third kappa shape index (κ3) is 3.54. The van der Waals surface area contributed by atoms with Crippen molar-refractivity contribution in [1.29, 1.82) is 0 Å². The molecule has 0 bridgehead atoms. The largest absolute Gasteiger partial charge is 0.395 e. The van der Waals surface area contributed by atoms with Crippen LogP contribution >= 0.6 is 11.3 Å². The van der Waals surface area contributed by atoms with E-state index in [0.29, 0.717) is 12.6 Å². The molecule has 0 radical (unpaired) electrons. The molecular weight excluding hydrogens is 244 g/mol. The van der Waals surface area contributed by atoms with E-state index in [1.165, 1.54) is 10.4 Å². The molecule has 104 valence electrons. The Morgan fingerprint density at radius 3 is 2.50 bits per heavy atom. The van der Waals surface area contributed by atoms with E-state index in [1.54, 1.807) is 11.3 Å². The average Bonchev–Trinajstić information content (AvgIpc) is 2.74. The van der Waals surface area contributed by atoms with Gasteiger partial charge < -0.3 is 10.8 Å². The topological polar surface area (TPSA) is 49.5 Å². The molecule has 2 atom stereocenters. The van der Waals surface area contributed by atoms with E-state index in [0.717, 1.165) is 6.42 Å². The van der Waals surface area contributed by atoms with Crippen LogP contribution in [-0.2, 0) is 0 Å². The second-order valence-corrected chi connectivity index (χ2v) is 5.99. The molecule has 0 saturated carbocycles. The molecule has 3 nitrogen and oxygen atoms in total. The molecular formula is C14H26N2OS. The van der Waals surface area contributed by atoms with Crippen molar-refractivity contribution in [2.45, 2.75) is 52.2 Å². The molecule has 4 heteroatoms. The predicted octanol–water partition coefficient (Wildman–Crippen LogP) is 2.54. The van der Waals surface area contributed by atoms with E-state index in [9.17, 15) is 5.11 Å². The Bertz CT molecular complexity index is 351. The summed E-state index contributed by atoms with van der Waals surface area (Å²) in [4.78, 5) is 3.65. The first-order valence-electron chi connectivity index (χ1n) is 6.69. The van der Waals surface area contributed by atoms with Gasteiger partial charge in [0.15, 0.2) is 0 Å². The molecule has 0 aromatic carbocycles. The Kier molecular flexibility index (Phi) is 6.29. The third-order valence-electron chi connectivity index (χ3n) is 3.43. The van der Waals surface area contributed by atoms with Gasteiger partial charge in [-0.2, -0.15) is 0 Å². The Labute approximate surface area is 115 Å². The second-order valence-electron chi connectivity index (χ2n) is 5.04. The van der Waals surface area contributed by atoms with Crippen molar-refractivity contribution < 1.29 is 5.11 Å². The van der Waals surface area contributed by atoms with E-state index in [-0.39, 0.29) is 18.7 Å². The van der Waals surface area contributed by atoms with E-state index < -0.39 is 0 Å². The van der Waals surface area contributed by atoms with Gasteiger partial charge in [-0.15, -0.1) is 11.3 Å². The van der Waals surface area contributed by atoms with Crippen LogP contribution in [0.1, 0.15) is 43.7 Å². The SMILES string of the molecule is CCC(N)C(c1sccc1C)N(CCO)C(C)C. The van der Waals surface area contributed by atoms with E-state index in [1.807, 2.05) is 0 Å². The number of aryl methyl sites for hydroxylation is 1. The fraction of sp³-hybridized carbons (Fsp3) is 0.714. The lowest BCUT2D eigenvalue weighted by Crippen LogP contribution is -2.45. The molecule has 0 spiro atoms. The van der Waals surface area contributed by atoms with Crippen molar-refractivity contribution in [2.24, 2.45) is 5.73 Å². The highest BCUT2D eigenvalue weighted by molar-refractivity contribution is 7.10. The molecule has 1 aromatic heterocycles. The Morgan fingerprint density at radius 1 is 1.44 bits per heavy atom. The molecule has 3 N–H and O–H groups in total. The van der Waals surface area contributed by atoms with Crippen LogP contribution in [0.15, 0.2) is 11.4 Å². The van der Waals surface area contributed by atoms with E-state index in [4.69, 9.17) is 5.73 Å². The summed E-state index contributed by atoms with van der Waals surface area (Å²) in [6, 6.07) is 2.84. The van der Waals surface area contributed by atoms with Crippen LogP contribution in [0, 0.1) is 6.92 Å². The minimum absolute atomic E-state index is 0.108. The molecule has 1 rings (SSSR count). The van der Waals surface area contributed by atoms with Crippen molar-refractivity contribution in [3.8, 4) is 0 Å². The molecule has 0 amide bonds. The van der Waals surface area contributed by atoms with Gasteiger partial charge in [-0.1, -0.05) is 6.92 Å². The monoisotopic (exact) mass is 270 g/mol. The molecule has 0 saturated heterocycles. The molecule has 0 aliphatic rings. The summed E-state index contributed by atoms with van der Waals surface area (Å²) in [5, 5.41) is 11.4. The normalized spacial score (nSPS) is 15.3. The summed E-state index contributed by atoms with van der Waals surface area (Å²) in [5.74, 6) is 0. The smallest absolute Gasteiger partial charge is 0.0599 e. The number of thiophene rings is 1. The van der Waals surface area contributed by atoms with Gasteiger partial charge in [0.1, 0.15) is 0 Å². The van der Waals surface area contributed by atoms with Crippen molar-refractivity contribution >= 4 is 11.3 Å². The van der Waals surface area contributed by atoms with Crippen LogP contribution in [-0.4, -0.2) is 35.2 Å². The number of hydrogen-bond acceptors (Lipinski definition) is 4. The van der Waals surface area contributed by atoms with E-state index in [2.05, 4.69) is 44.0 Å². The van der Waals surface area contributed by atoms with Crippen LogP contribution in [0.25, 0.3) is 0 Å². The minimum Gasteiger partial charge on any atom is -0.395 e. The Hall–Kier alpha value is -0.420. The first-order valence-corrected chi connectivity index (χ1v) is 7.57. The first-order chi connectivity index (χ1) is 8.52. The maximum Gasteiger partial charge on any atom is 0.0599 e. The van der Waals surface area contributed by atoms with Gasteiger partial charge in [0.05, 0.1) is 12.6 Å². The van der Waals surface area contributed by atoms with E-state index >= 15 is 0 Å². The van der Waals surface area contributed by atoms with Crippen LogP contribution < -0.4 is 5.73 Å². The van der Waals surface area contributed by atoms with Gasteiger partial charge in [-0.05, 0) is 44.2 Å². The molecule has 2 unspecified atom stereocenters. The fourth-order valence-electron chi connectivity index (χ4n) is 2.34. The summed E-state index contributed by atoms with van der Waals surface area (Å²) in [6.07, 6.45) is 0.941. The summed E-state index contributed by atoms with van der Waals surface area (Å²) in [5.41, 5.74) is 7.63. The number of nitrogens with two attached hydrogens (primary N) is 1. The van der Waals surface area contributed by atoms with Crippen molar-refractivity contribution in [3.63, 3.8) is 0 Å². The Morgan fingerprint density at radius 2 is 2.11 bits per heavy atom. The fourth-order valence-corrected chi connectivity index (χ4v) is 3.46. The van der Waals surface area contributed by atoms with Crippen molar-refractivity contribution in [1.82, 2.24) is 4.90 Å². The van der Waals surface area contributed by atoms with Gasteiger partial charge in [0.25, 0.3) is 0 Å². The van der Waals surface area contributed by atoms with Gasteiger partial charge >= 0.3 is 0 Å². The summed E-state index contributed by atoms with van der Waals surface area (Å²) < 4.78 is 0. The molecule has 1 heterocycles. The zero-order valence-electron chi connectivity index (χ0n) is 11.9. The lowest BCUT2D eigenvalue weighted by atomic mass is 9.99. The predicted molar refractivity (Wildman–Crippen MR) is 79.0 cm³/mol. The minimum atomic E-state index is 0.108. The third-order valence-corrected chi connectivity index (χ3v) is 4.52. The molecule has 1 aromatic rings. The number of hydrogen-bond donors (Lipinski definition) is 2. The maximum absolute atomic E-state index is 9.28. The number of nitrogens with zero attached hydrogens (tertiary/aromatic N) is 1. The maximum atomic E-state index is 9.28. The zero-order valence-corrected chi connectivity index (χ0v) is 12.7. The van der Waals surface area contributed by atoms with Gasteiger partial charge in [-0.3, -0.25) is 4.90 Å². The Balaban J connectivity index is 3.07. The first kappa shape index (κ1) is 15.6. The highest BCUT2D eigenvalue weighted by Crippen LogP contribution is 2.32. The molecule has 0 fully saturated rings. The molecule has 18 heavy (non-hydrogen) atoms. The van der Waals surface area contributed by atoms with Gasteiger partial charge in [0, 0.05) is 23.5 Å². The lowest BCUT2D eigenvalue weighted by molar-refractivity contribution is 0.103.